The van der Waals surface area contributed by atoms with E-state index in [1.54, 1.807) is 0 Å². The number of hydrogen-bond donors (Lipinski definition) is 0. The zero-order valence-electron chi connectivity index (χ0n) is 19.1. The summed E-state index contributed by atoms with van der Waals surface area (Å²) in [6.07, 6.45) is 10.0. The van der Waals surface area contributed by atoms with Crippen LogP contribution in [0.1, 0.15) is 12.0 Å². The third kappa shape index (κ3) is 4.53. The molecule has 166 valence electrons. The summed E-state index contributed by atoms with van der Waals surface area (Å²) in [5.74, 6) is 0.966. The molecule has 1 nitrogen and oxygen atoms in total. The molecule has 0 bridgehead atoms. The molecule has 0 aliphatic heterocycles. The maximum absolute atomic E-state index is 6.94. The van der Waals surface area contributed by atoms with E-state index < -0.39 is 7.26 Å². The summed E-state index contributed by atoms with van der Waals surface area (Å²) in [6, 6.07) is 43.2. The average Bonchev–Trinajstić information content (AvgIpc) is 2.94. The molecular formula is C32H28OP+. The average molecular weight is 460 g/mol. The molecule has 0 radical (unpaired) electrons. The summed E-state index contributed by atoms with van der Waals surface area (Å²) >= 11 is 0. The van der Waals surface area contributed by atoms with Crippen LogP contribution in [0, 0.1) is 0 Å². The van der Waals surface area contributed by atoms with Crippen molar-refractivity contribution in [3.63, 3.8) is 0 Å². The van der Waals surface area contributed by atoms with Crippen molar-refractivity contribution in [2.24, 2.45) is 0 Å². The van der Waals surface area contributed by atoms with Crippen LogP contribution in [0.25, 0.3) is 5.76 Å². The molecule has 4 aromatic carbocycles. The number of hydrogen-bond acceptors (Lipinski definition) is 1. The molecular weight excluding hydrogens is 431 g/mol. The Labute approximate surface area is 203 Å². The van der Waals surface area contributed by atoms with Crippen LogP contribution in [0.5, 0.6) is 0 Å². The number of allylic oxidation sites excluding steroid dienone is 5. The van der Waals surface area contributed by atoms with Gasteiger partial charge in [0.1, 0.15) is 21.7 Å². The van der Waals surface area contributed by atoms with E-state index in [9.17, 15) is 0 Å². The van der Waals surface area contributed by atoms with Gasteiger partial charge < -0.3 is 4.74 Å². The summed E-state index contributed by atoms with van der Waals surface area (Å²) in [7, 11) is -2.08. The first kappa shape index (κ1) is 22.1. The lowest BCUT2D eigenvalue weighted by atomic mass is 10.0. The smallest absolute Gasteiger partial charge is 0.210 e. The van der Waals surface area contributed by atoms with Gasteiger partial charge in [-0.15, -0.1) is 0 Å². The van der Waals surface area contributed by atoms with Crippen molar-refractivity contribution in [1.29, 1.82) is 0 Å². The van der Waals surface area contributed by atoms with Crippen LogP contribution in [0.4, 0.5) is 0 Å². The van der Waals surface area contributed by atoms with E-state index in [1.807, 2.05) is 0 Å². The summed E-state index contributed by atoms with van der Waals surface area (Å²) in [4.78, 5) is 0. The first-order valence-electron chi connectivity index (χ1n) is 11.7. The van der Waals surface area contributed by atoms with E-state index >= 15 is 0 Å². The monoisotopic (exact) mass is 459 g/mol. The van der Waals surface area contributed by atoms with Crippen molar-refractivity contribution >= 4 is 28.9 Å². The maximum atomic E-state index is 6.94. The predicted octanol–water partition coefficient (Wildman–Crippen LogP) is 6.88. The molecule has 2 heteroatoms. The van der Waals surface area contributed by atoms with Gasteiger partial charge in [-0.2, -0.15) is 0 Å². The third-order valence-corrected chi connectivity index (χ3v) is 10.3. The molecule has 0 heterocycles. The molecule has 0 saturated carbocycles. The van der Waals surface area contributed by atoms with Crippen LogP contribution in [-0.2, 0) is 4.74 Å². The predicted molar refractivity (Wildman–Crippen MR) is 147 cm³/mol. The minimum Gasteiger partial charge on any atom is -0.457 e. The van der Waals surface area contributed by atoms with E-state index in [2.05, 4.69) is 146 Å². The number of benzene rings is 4. The Morgan fingerprint density at radius 1 is 0.588 bits per heavy atom. The highest BCUT2D eigenvalue weighted by atomic mass is 31.2. The Morgan fingerprint density at radius 3 is 1.50 bits per heavy atom. The number of rotatable bonds is 7. The van der Waals surface area contributed by atoms with Crippen LogP contribution in [0.15, 0.2) is 151 Å². The highest BCUT2D eigenvalue weighted by Crippen LogP contribution is 2.56. The van der Waals surface area contributed by atoms with Gasteiger partial charge in [0.2, 0.25) is 6.35 Å². The Hall–Kier alpha value is -3.67. The quantitative estimate of drug-likeness (QED) is 0.216. The molecule has 0 atom stereocenters. The van der Waals surface area contributed by atoms with E-state index in [4.69, 9.17) is 4.74 Å². The second-order valence-corrected chi connectivity index (χ2v) is 11.7. The molecule has 34 heavy (non-hydrogen) atoms. The summed E-state index contributed by atoms with van der Waals surface area (Å²) in [6.45, 7) is 0. The fourth-order valence-corrected chi connectivity index (χ4v) is 8.22. The molecule has 1 aliphatic rings. The molecule has 4 aromatic rings. The topological polar surface area (TPSA) is 9.23 Å². The van der Waals surface area contributed by atoms with Crippen LogP contribution >= 0.6 is 7.26 Å². The summed E-state index contributed by atoms with van der Waals surface area (Å²) in [5, 5.41) is 3.97. The van der Waals surface area contributed by atoms with Gasteiger partial charge in [-0.1, -0.05) is 109 Å². The van der Waals surface area contributed by atoms with Crippen LogP contribution in [0.3, 0.4) is 0 Å². The molecule has 0 N–H and O–H groups in total. The van der Waals surface area contributed by atoms with Gasteiger partial charge in [0.05, 0.1) is 0 Å². The fourth-order valence-electron chi connectivity index (χ4n) is 4.51. The second-order valence-electron chi connectivity index (χ2n) is 8.30. The van der Waals surface area contributed by atoms with Gasteiger partial charge in [0.15, 0.2) is 7.26 Å². The molecule has 0 unspecified atom stereocenters. The van der Waals surface area contributed by atoms with Crippen molar-refractivity contribution in [3.8, 4) is 0 Å². The SMILES string of the molecule is C1=CC/C(=C(\OC[P+](c2ccccc2)(c2ccccc2)c2ccccc2)c2ccccc2)C=C1. The van der Waals surface area contributed by atoms with Gasteiger partial charge >= 0.3 is 0 Å². The minimum atomic E-state index is -2.08. The zero-order chi connectivity index (χ0) is 23.1. The third-order valence-electron chi connectivity index (χ3n) is 6.20. The standard InChI is InChI=1S/C32H28OP/c1-6-16-27(17-7-1)32(28-18-8-2-9-19-28)33-26-34(29-20-10-3-11-21-29,30-22-12-4-13-23-30)31-24-14-5-15-25-31/h1-18,20-25H,19,26H2/q+1/b32-28-. The van der Waals surface area contributed by atoms with Crippen molar-refractivity contribution in [2.45, 2.75) is 6.42 Å². The highest BCUT2D eigenvalue weighted by molar-refractivity contribution is 7.95. The van der Waals surface area contributed by atoms with Crippen LogP contribution in [-0.4, -0.2) is 6.35 Å². The normalized spacial score (nSPS) is 14.6. The Morgan fingerprint density at radius 2 is 1.06 bits per heavy atom. The first-order valence-corrected chi connectivity index (χ1v) is 13.6. The molecule has 0 fully saturated rings. The zero-order valence-corrected chi connectivity index (χ0v) is 20.0. The van der Waals surface area contributed by atoms with Gasteiger partial charge in [-0.3, -0.25) is 0 Å². The van der Waals surface area contributed by atoms with Crippen molar-refractivity contribution in [2.75, 3.05) is 6.35 Å². The van der Waals surface area contributed by atoms with Crippen molar-refractivity contribution in [3.05, 3.63) is 157 Å². The lowest BCUT2D eigenvalue weighted by Gasteiger charge is -2.28. The molecule has 5 rings (SSSR count). The second kappa shape index (κ2) is 10.5. The van der Waals surface area contributed by atoms with Gasteiger partial charge in [0, 0.05) is 5.56 Å². The van der Waals surface area contributed by atoms with E-state index in [1.165, 1.54) is 21.5 Å². The summed E-state index contributed by atoms with van der Waals surface area (Å²) in [5.41, 5.74) is 2.32. The minimum absolute atomic E-state index is 0.594. The first-order chi connectivity index (χ1) is 16.9. The van der Waals surface area contributed by atoms with Crippen LogP contribution in [0.2, 0.25) is 0 Å². The van der Waals surface area contributed by atoms with Gasteiger partial charge in [-0.25, -0.2) is 0 Å². The summed E-state index contributed by atoms with van der Waals surface area (Å²) < 4.78 is 6.94. The van der Waals surface area contributed by atoms with Gasteiger partial charge in [0.25, 0.3) is 0 Å². The van der Waals surface area contributed by atoms with Crippen LogP contribution < -0.4 is 15.9 Å². The Kier molecular flexibility index (Phi) is 6.84. The molecule has 0 saturated heterocycles. The molecule has 1 aliphatic carbocycles. The van der Waals surface area contributed by atoms with E-state index in [-0.39, 0.29) is 0 Å². The Balaban J connectivity index is 1.67. The van der Waals surface area contributed by atoms with Crippen molar-refractivity contribution < 1.29 is 4.74 Å². The molecule has 0 aromatic heterocycles. The van der Waals surface area contributed by atoms with Crippen molar-refractivity contribution in [1.82, 2.24) is 0 Å². The van der Waals surface area contributed by atoms with E-state index in [0.717, 1.165) is 17.7 Å². The highest BCUT2D eigenvalue weighted by Gasteiger charge is 2.46. The van der Waals surface area contributed by atoms with Gasteiger partial charge in [-0.05, 0) is 48.4 Å². The maximum Gasteiger partial charge on any atom is 0.210 e. The molecule has 0 spiro atoms. The Bertz CT molecular complexity index is 1190. The van der Waals surface area contributed by atoms with E-state index in [0.29, 0.717) is 6.35 Å². The fraction of sp³-hybridized carbons (Fsp3) is 0.0625. The molecule has 0 amide bonds. The number of ether oxygens (including phenoxy) is 1. The lowest BCUT2D eigenvalue weighted by molar-refractivity contribution is 0.341. The lowest BCUT2D eigenvalue weighted by Crippen LogP contribution is -2.34. The largest absolute Gasteiger partial charge is 0.457 e.